The van der Waals surface area contributed by atoms with E-state index < -0.39 is 26.8 Å². The Kier molecular flexibility index (Phi) is 5.24. The van der Waals surface area contributed by atoms with Crippen molar-refractivity contribution >= 4 is 21.7 Å². The van der Waals surface area contributed by atoms with Crippen LogP contribution in [-0.4, -0.2) is 30.5 Å². The third-order valence-electron chi connectivity index (χ3n) is 4.38. The van der Waals surface area contributed by atoms with Crippen molar-refractivity contribution < 1.29 is 23.2 Å². The number of aryl methyl sites for hydroxylation is 2. The van der Waals surface area contributed by atoms with Crippen LogP contribution in [0.5, 0.6) is 0 Å². The number of carboxylic acids is 1. The highest BCUT2D eigenvalue weighted by atomic mass is 32.2. The van der Waals surface area contributed by atoms with Crippen molar-refractivity contribution in [2.75, 3.05) is 0 Å². The highest BCUT2D eigenvalue weighted by molar-refractivity contribution is 7.89. The summed E-state index contributed by atoms with van der Waals surface area (Å²) in [6.07, 6.45) is 1.78. The molecule has 132 valence electrons. The van der Waals surface area contributed by atoms with Gasteiger partial charge in [0, 0.05) is 17.7 Å². The number of benzene rings is 1. The minimum atomic E-state index is -3.81. The molecular formula is C15H20N2O6S. The third kappa shape index (κ3) is 3.90. The van der Waals surface area contributed by atoms with Gasteiger partial charge in [0.15, 0.2) is 0 Å². The second-order valence-corrected chi connectivity index (χ2v) is 7.85. The first-order valence-electron chi connectivity index (χ1n) is 7.62. The molecular weight excluding hydrogens is 336 g/mol. The summed E-state index contributed by atoms with van der Waals surface area (Å²) in [4.78, 5) is 21.4. The van der Waals surface area contributed by atoms with Gasteiger partial charge in [-0.05, 0) is 51.2 Å². The van der Waals surface area contributed by atoms with Gasteiger partial charge in [-0.25, -0.2) is 13.1 Å². The number of carbonyl (C=O) groups is 1. The lowest BCUT2D eigenvalue weighted by atomic mass is 9.87. The van der Waals surface area contributed by atoms with Crippen LogP contribution in [0, 0.1) is 29.9 Å². The Labute approximate surface area is 140 Å². The van der Waals surface area contributed by atoms with Crippen molar-refractivity contribution in [3.8, 4) is 0 Å². The largest absolute Gasteiger partial charge is 0.481 e. The van der Waals surface area contributed by atoms with E-state index in [-0.39, 0.29) is 22.2 Å². The van der Waals surface area contributed by atoms with E-state index in [0.717, 1.165) is 0 Å². The van der Waals surface area contributed by atoms with E-state index in [1.165, 1.54) is 26.0 Å². The number of nitro groups is 1. The molecule has 1 aromatic rings. The van der Waals surface area contributed by atoms with Crippen LogP contribution in [0.2, 0.25) is 0 Å². The molecule has 1 fully saturated rings. The SMILES string of the molecule is Cc1cc(S(=O)(=O)NC2CCC(C(=O)O)CC2)c(C)cc1[N+](=O)[O-]. The molecule has 24 heavy (non-hydrogen) atoms. The predicted molar refractivity (Wildman–Crippen MR) is 86.3 cm³/mol. The van der Waals surface area contributed by atoms with E-state index >= 15 is 0 Å². The Morgan fingerprint density at radius 3 is 2.29 bits per heavy atom. The molecule has 9 heteroatoms. The number of hydrogen-bond donors (Lipinski definition) is 2. The number of aliphatic carboxylic acids is 1. The molecule has 2 N–H and O–H groups in total. The number of nitrogens with zero attached hydrogens (tertiary/aromatic N) is 1. The quantitative estimate of drug-likeness (QED) is 0.614. The molecule has 0 radical (unpaired) electrons. The summed E-state index contributed by atoms with van der Waals surface area (Å²) >= 11 is 0. The fourth-order valence-corrected chi connectivity index (χ4v) is 4.62. The fraction of sp³-hybridized carbons (Fsp3) is 0.533. The van der Waals surface area contributed by atoms with E-state index in [1.54, 1.807) is 0 Å². The van der Waals surface area contributed by atoms with Crippen molar-refractivity contribution in [1.82, 2.24) is 4.72 Å². The first-order chi connectivity index (χ1) is 11.1. The predicted octanol–water partition coefficient (Wildman–Crippen LogP) is 2.13. The lowest BCUT2D eigenvalue weighted by Gasteiger charge is -2.26. The smallest absolute Gasteiger partial charge is 0.306 e. The molecule has 0 atom stereocenters. The van der Waals surface area contributed by atoms with E-state index in [9.17, 15) is 23.3 Å². The van der Waals surface area contributed by atoms with Gasteiger partial charge in [0.25, 0.3) is 5.69 Å². The third-order valence-corrected chi connectivity index (χ3v) is 6.04. The van der Waals surface area contributed by atoms with Gasteiger partial charge in [-0.15, -0.1) is 0 Å². The second kappa shape index (κ2) is 6.86. The van der Waals surface area contributed by atoms with Crippen LogP contribution in [0.15, 0.2) is 17.0 Å². The molecule has 0 aromatic heterocycles. The highest BCUT2D eigenvalue weighted by Gasteiger charge is 2.30. The number of carboxylic acid groups (broad SMARTS) is 1. The first kappa shape index (κ1) is 18.3. The molecule has 0 heterocycles. The highest BCUT2D eigenvalue weighted by Crippen LogP contribution is 2.28. The van der Waals surface area contributed by atoms with Crippen LogP contribution in [0.3, 0.4) is 0 Å². The van der Waals surface area contributed by atoms with Gasteiger partial charge < -0.3 is 5.11 Å². The van der Waals surface area contributed by atoms with Gasteiger partial charge in [0.1, 0.15) is 0 Å². The first-order valence-corrected chi connectivity index (χ1v) is 9.11. The normalized spacial score (nSPS) is 21.4. The van der Waals surface area contributed by atoms with Crippen LogP contribution in [0.25, 0.3) is 0 Å². The Bertz CT molecular complexity index is 766. The van der Waals surface area contributed by atoms with Crippen LogP contribution in [0.4, 0.5) is 5.69 Å². The fourth-order valence-electron chi connectivity index (χ4n) is 3.00. The lowest BCUT2D eigenvalue weighted by Crippen LogP contribution is -2.38. The zero-order valence-electron chi connectivity index (χ0n) is 13.5. The molecule has 0 aliphatic heterocycles. The van der Waals surface area contributed by atoms with E-state index in [0.29, 0.717) is 31.2 Å². The van der Waals surface area contributed by atoms with Gasteiger partial charge in [-0.1, -0.05) is 0 Å². The number of nitrogens with one attached hydrogen (secondary N) is 1. The van der Waals surface area contributed by atoms with Gasteiger partial charge in [-0.3, -0.25) is 14.9 Å². The summed E-state index contributed by atoms with van der Waals surface area (Å²) in [6.45, 7) is 3.01. The molecule has 0 saturated heterocycles. The molecule has 1 aliphatic carbocycles. The summed E-state index contributed by atoms with van der Waals surface area (Å²) in [5.74, 6) is -1.27. The zero-order chi connectivity index (χ0) is 18.1. The molecule has 1 aliphatic rings. The molecule has 0 spiro atoms. The molecule has 1 saturated carbocycles. The van der Waals surface area contributed by atoms with Crippen LogP contribution < -0.4 is 4.72 Å². The summed E-state index contributed by atoms with van der Waals surface area (Å²) in [5.41, 5.74) is 0.466. The van der Waals surface area contributed by atoms with Gasteiger partial charge in [0.05, 0.1) is 15.7 Å². The molecule has 2 rings (SSSR count). The maximum atomic E-state index is 12.6. The van der Waals surface area contributed by atoms with Crippen molar-refractivity contribution in [1.29, 1.82) is 0 Å². The summed E-state index contributed by atoms with van der Waals surface area (Å²) in [6, 6.07) is 2.24. The molecule has 0 unspecified atom stereocenters. The van der Waals surface area contributed by atoms with Crippen LogP contribution in [-0.2, 0) is 14.8 Å². The average molecular weight is 356 g/mol. The number of hydrogen-bond acceptors (Lipinski definition) is 5. The van der Waals surface area contributed by atoms with Crippen LogP contribution in [0.1, 0.15) is 36.8 Å². The van der Waals surface area contributed by atoms with E-state index in [2.05, 4.69) is 4.72 Å². The minimum absolute atomic E-state index is 0.0194. The summed E-state index contributed by atoms with van der Waals surface area (Å²) in [5, 5.41) is 19.9. The average Bonchev–Trinajstić information content (AvgIpc) is 2.49. The van der Waals surface area contributed by atoms with Gasteiger partial charge in [-0.2, -0.15) is 0 Å². The summed E-state index contributed by atoms with van der Waals surface area (Å²) in [7, 11) is -3.81. The van der Waals surface area contributed by atoms with Gasteiger partial charge >= 0.3 is 5.97 Å². The molecule has 1 aromatic carbocycles. The topological polar surface area (TPSA) is 127 Å². The maximum absolute atomic E-state index is 12.6. The van der Waals surface area contributed by atoms with E-state index in [1.807, 2.05) is 0 Å². The Balaban J connectivity index is 2.18. The van der Waals surface area contributed by atoms with Gasteiger partial charge in [0.2, 0.25) is 10.0 Å². The molecule has 0 bridgehead atoms. The Hall–Kier alpha value is -2.00. The number of sulfonamides is 1. The van der Waals surface area contributed by atoms with Crippen LogP contribution >= 0.6 is 0 Å². The van der Waals surface area contributed by atoms with Crippen molar-refractivity contribution in [3.05, 3.63) is 33.4 Å². The van der Waals surface area contributed by atoms with Crippen molar-refractivity contribution in [2.45, 2.75) is 50.5 Å². The Morgan fingerprint density at radius 1 is 1.21 bits per heavy atom. The van der Waals surface area contributed by atoms with E-state index in [4.69, 9.17) is 5.11 Å². The second-order valence-electron chi connectivity index (χ2n) is 6.17. The van der Waals surface area contributed by atoms with Crippen molar-refractivity contribution in [3.63, 3.8) is 0 Å². The molecule has 0 amide bonds. The summed E-state index contributed by atoms with van der Waals surface area (Å²) < 4.78 is 27.7. The van der Waals surface area contributed by atoms with Crippen molar-refractivity contribution in [2.24, 2.45) is 5.92 Å². The lowest BCUT2D eigenvalue weighted by molar-refractivity contribution is -0.385. The number of rotatable bonds is 5. The minimum Gasteiger partial charge on any atom is -0.481 e. The Morgan fingerprint density at radius 2 is 1.79 bits per heavy atom. The number of nitro benzene ring substituents is 1. The standard InChI is InChI=1S/C15H20N2O6S/c1-9-8-14(10(2)7-13(9)17(20)21)24(22,23)16-12-5-3-11(4-6-12)15(18)19/h7-8,11-12,16H,3-6H2,1-2H3,(H,18,19). The zero-order valence-corrected chi connectivity index (χ0v) is 14.3. The maximum Gasteiger partial charge on any atom is 0.306 e. The molecule has 8 nitrogen and oxygen atoms in total. The monoisotopic (exact) mass is 356 g/mol.